The van der Waals surface area contributed by atoms with E-state index in [1.165, 1.54) is 19.3 Å². The van der Waals surface area contributed by atoms with E-state index >= 15 is 0 Å². The van der Waals surface area contributed by atoms with Crippen LogP contribution in [0.3, 0.4) is 0 Å². The minimum absolute atomic E-state index is 0.0633. The Morgan fingerprint density at radius 2 is 1.73 bits per heavy atom. The van der Waals surface area contributed by atoms with Gasteiger partial charge in [-0.25, -0.2) is 14.6 Å². The van der Waals surface area contributed by atoms with Crippen LogP contribution in [0.25, 0.3) is 0 Å². The number of aromatic nitrogens is 4. The van der Waals surface area contributed by atoms with E-state index < -0.39 is 37.2 Å². The molecule has 11 nitrogen and oxygen atoms in total. The molecule has 1 atom stereocenters. The zero-order chi connectivity index (χ0) is 30.2. The molecule has 3 rings (SSSR count). The smallest absolute Gasteiger partial charge is 0.425 e. The lowest BCUT2D eigenvalue weighted by molar-refractivity contribution is -0.141. The molecule has 0 bridgehead atoms. The van der Waals surface area contributed by atoms with Gasteiger partial charge in [-0.15, -0.1) is 0 Å². The van der Waals surface area contributed by atoms with Crippen molar-refractivity contribution in [1.29, 1.82) is 0 Å². The molecule has 0 N–H and O–H groups in total. The van der Waals surface area contributed by atoms with Gasteiger partial charge in [-0.05, 0) is 13.0 Å². The molecule has 41 heavy (non-hydrogen) atoms. The van der Waals surface area contributed by atoms with Gasteiger partial charge in [-0.2, -0.15) is 18.3 Å². The third-order valence-electron chi connectivity index (χ3n) is 6.17. The van der Waals surface area contributed by atoms with Crippen molar-refractivity contribution in [1.82, 2.24) is 24.6 Å². The zero-order valence-electron chi connectivity index (χ0n) is 23.6. The van der Waals surface area contributed by atoms with Crippen molar-refractivity contribution in [2.24, 2.45) is 0 Å². The summed E-state index contributed by atoms with van der Waals surface area (Å²) in [5.41, 5.74) is -2.80. The predicted octanol–water partition coefficient (Wildman–Crippen LogP) is 3.54. The standard InChI is InChI=1S/C25H36ClF3N6O5Si/c1-18(16-38-10-5-21(36)33-6-8-34(9-7-33)24-30-13-19(26)14-31-24)40-20-15-32-35(17-39-11-12-41(2,3)4)23(37)22(20)25(27,28)29/h13-15,18H,5-12,16-17H2,1-4H3. The van der Waals surface area contributed by atoms with Gasteiger partial charge in [0.05, 0.1) is 43.2 Å². The molecule has 0 radical (unpaired) electrons. The van der Waals surface area contributed by atoms with E-state index in [4.69, 9.17) is 25.8 Å². The van der Waals surface area contributed by atoms with Crippen LogP contribution in [0.15, 0.2) is 23.4 Å². The predicted molar refractivity (Wildman–Crippen MR) is 149 cm³/mol. The molecule has 16 heteroatoms. The van der Waals surface area contributed by atoms with Crippen LogP contribution in [0.5, 0.6) is 5.75 Å². The highest BCUT2D eigenvalue weighted by Crippen LogP contribution is 2.33. The van der Waals surface area contributed by atoms with Crippen LogP contribution in [0.4, 0.5) is 19.1 Å². The number of alkyl halides is 3. The monoisotopic (exact) mass is 620 g/mol. The largest absolute Gasteiger partial charge is 0.486 e. The van der Waals surface area contributed by atoms with Crippen molar-refractivity contribution < 1.29 is 32.2 Å². The second-order valence-corrected chi connectivity index (χ2v) is 16.9. The highest BCUT2D eigenvalue weighted by molar-refractivity contribution is 6.76. The summed E-state index contributed by atoms with van der Waals surface area (Å²) in [6, 6.07) is 0.800. The van der Waals surface area contributed by atoms with E-state index in [1.54, 1.807) is 4.90 Å². The van der Waals surface area contributed by atoms with Gasteiger partial charge in [0.15, 0.2) is 11.3 Å². The van der Waals surface area contributed by atoms with Gasteiger partial charge in [0.2, 0.25) is 11.9 Å². The molecule has 1 saturated heterocycles. The number of carbonyl (C=O) groups is 1. The maximum Gasteiger partial charge on any atom is 0.425 e. The topological polar surface area (TPSA) is 112 Å². The lowest BCUT2D eigenvalue weighted by Crippen LogP contribution is -2.49. The van der Waals surface area contributed by atoms with Crippen LogP contribution in [-0.4, -0.2) is 90.7 Å². The van der Waals surface area contributed by atoms with Crippen LogP contribution in [-0.2, 0) is 27.2 Å². The van der Waals surface area contributed by atoms with Crippen LogP contribution in [0.1, 0.15) is 18.9 Å². The molecule has 2 aromatic rings. The molecule has 1 aliphatic rings. The number of halogens is 4. The molecule has 0 saturated carbocycles. The van der Waals surface area contributed by atoms with Gasteiger partial charge in [0.1, 0.15) is 12.8 Å². The molecular weight excluding hydrogens is 585 g/mol. The summed E-state index contributed by atoms with van der Waals surface area (Å²) in [6.45, 7) is 9.96. The Morgan fingerprint density at radius 1 is 1.07 bits per heavy atom. The van der Waals surface area contributed by atoms with Crippen LogP contribution >= 0.6 is 11.6 Å². The first kappa shape index (κ1) is 32.8. The van der Waals surface area contributed by atoms with Gasteiger partial charge in [-0.3, -0.25) is 9.59 Å². The molecular formula is C25H36ClF3N6O5Si. The number of carbonyl (C=O) groups excluding carboxylic acids is 1. The SMILES string of the molecule is CC(COCCC(=O)N1CCN(c2ncc(Cl)cn2)CC1)Oc1cnn(COCC[Si](C)(C)C)c(=O)c1C(F)(F)F. The van der Waals surface area contributed by atoms with E-state index in [2.05, 4.69) is 34.7 Å². The Hall–Kier alpha value is -2.75. The maximum absolute atomic E-state index is 13.7. The number of ether oxygens (including phenoxy) is 3. The summed E-state index contributed by atoms with van der Waals surface area (Å²) < 4.78 is 58.1. The lowest BCUT2D eigenvalue weighted by Gasteiger charge is -2.34. The van der Waals surface area contributed by atoms with Crippen LogP contribution in [0, 0.1) is 0 Å². The van der Waals surface area contributed by atoms with Gasteiger partial charge in [-0.1, -0.05) is 31.2 Å². The number of anilines is 1. The first-order valence-corrected chi connectivity index (χ1v) is 17.3. The molecule has 3 heterocycles. The van der Waals surface area contributed by atoms with Crippen molar-refractivity contribution in [3.8, 4) is 5.75 Å². The van der Waals surface area contributed by atoms with Crippen molar-refractivity contribution >= 4 is 31.5 Å². The summed E-state index contributed by atoms with van der Waals surface area (Å²) >= 11 is 5.82. The Labute approximate surface area is 242 Å². The quantitative estimate of drug-likeness (QED) is 0.245. The number of rotatable bonds is 13. The minimum Gasteiger partial charge on any atom is -0.486 e. The van der Waals surface area contributed by atoms with Crippen LogP contribution < -0.4 is 15.2 Å². The van der Waals surface area contributed by atoms with Gasteiger partial charge < -0.3 is 24.0 Å². The van der Waals surface area contributed by atoms with Crippen molar-refractivity contribution in [3.63, 3.8) is 0 Å². The molecule has 0 aliphatic carbocycles. The second-order valence-electron chi connectivity index (χ2n) is 10.9. The first-order valence-electron chi connectivity index (χ1n) is 13.2. The fourth-order valence-electron chi connectivity index (χ4n) is 3.89. The number of piperazine rings is 1. The van der Waals surface area contributed by atoms with Crippen molar-refractivity contribution in [3.05, 3.63) is 39.5 Å². The number of hydrogen-bond donors (Lipinski definition) is 0. The van der Waals surface area contributed by atoms with E-state index in [-0.39, 0.29) is 32.3 Å². The molecule has 1 fully saturated rings. The fourth-order valence-corrected chi connectivity index (χ4v) is 4.74. The first-order chi connectivity index (χ1) is 19.2. The second kappa shape index (κ2) is 14.4. The average Bonchev–Trinajstić information content (AvgIpc) is 2.89. The number of hydrogen-bond acceptors (Lipinski definition) is 9. The van der Waals surface area contributed by atoms with Crippen molar-refractivity contribution in [2.75, 3.05) is 50.9 Å². The van der Waals surface area contributed by atoms with E-state index in [0.29, 0.717) is 48.4 Å². The minimum atomic E-state index is -4.95. The third kappa shape index (κ3) is 10.2. The molecule has 1 amide bonds. The van der Waals surface area contributed by atoms with Gasteiger partial charge >= 0.3 is 6.18 Å². The Morgan fingerprint density at radius 3 is 2.34 bits per heavy atom. The molecule has 2 aromatic heterocycles. The molecule has 0 spiro atoms. The van der Waals surface area contributed by atoms with Gasteiger partial charge in [0, 0.05) is 40.9 Å². The molecule has 0 aromatic carbocycles. The molecule has 1 unspecified atom stereocenters. The van der Waals surface area contributed by atoms with E-state index in [9.17, 15) is 22.8 Å². The van der Waals surface area contributed by atoms with Crippen LogP contribution in [0.2, 0.25) is 30.7 Å². The Kier molecular flexibility index (Phi) is 11.5. The summed E-state index contributed by atoms with van der Waals surface area (Å²) in [5.74, 6) is -0.240. The lowest BCUT2D eigenvalue weighted by atomic mass is 10.2. The Bertz CT molecular complexity index is 1200. The van der Waals surface area contributed by atoms with E-state index in [0.717, 1.165) is 12.2 Å². The average molecular weight is 621 g/mol. The highest BCUT2D eigenvalue weighted by atomic mass is 35.5. The summed E-state index contributed by atoms with van der Waals surface area (Å²) in [4.78, 5) is 37.1. The van der Waals surface area contributed by atoms with Gasteiger partial charge in [0.25, 0.3) is 5.56 Å². The fraction of sp³-hybridized carbons (Fsp3) is 0.640. The number of amides is 1. The van der Waals surface area contributed by atoms with Crippen molar-refractivity contribution in [2.45, 2.75) is 58.0 Å². The summed E-state index contributed by atoms with van der Waals surface area (Å²) in [5, 5.41) is 4.24. The Balaban J connectivity index is 1.44. The van der Waals surface area contributed by atoms with E-state index in [1.807, 2.05) is 4.90 Å². The maximum atomic E-state index is 13.7. The summed E-state index contributed by atoms with van der Waals surface area (Å²) in [7, 11) is -1.40. The molecule has 1 aliphatic heterocycles. The summed E-state index contributed by atoms with van der Waals surface area (Å²) in [6.07, 6.45) is -1.79. The molecule has 228 valence electrons. The zero-order valence-corrected chi connectivity index (χ0v) is 25.4. The number of nitrogens with zero attached hydrogens (tertiary/aromatic N) is 6. The highest BCUT2D eigenvalue weighted by Gasteiger charge is 2.39. The third-order valence-corrected chi connectivity index (χ3v) is 8.06. The normalized spacial score (nSPS) is 15.2.